The van der Waals surface area contributed by atoms with Crippen molar-refractivity contribution < 1.29 is 0 Å². The molecule has 92 valence electrons. The minimum atomic E-state index is 0.598. The van der Waals surface area contributed by atoms with Crippen LogP contribution in [-0.4, -0.2) is 29.1 Å². The first-order valence-corrected chi connectivity index (χ1v) is 6.53. The Labute approximate surface area is 106 Å². The number of fused-ring (bicyclic) bond motifs is 2. The van der Waals surface area contributed by atoms with Gasteiger partial charge in [-0.15, -0.1) is 0 Å². The molecule has 18 heavy (non-hydrogen) atoms. The first-order chi connectivity index (χ1) is 8.83. The largest absolute Gasteiger partial charge is 0.365 e. The lowest BCUT2D eigenvalue weighted by molar-refractivity contribution is 0.695. The molecule has 4 rings (SSSR count). The van der Waals surface area contributed by atoms with Gasteiger partial charge in [0.25, 0.3) is 0 Å². The van der Waals surface area contributed by atoms with Crippen LogP contribution in [0.4, 0.5) is 5.82 Å². The minimum Gasteiger partial charge on any atom is -0.365 e. The third kappa shape index (κ3) is 1.49. The van der Waals surface area contributed by atoms with E-state index in [0.717, 1.165) is 47.5 Å². The Kier molecular flexibility index (Phi) is 2.08. The summed E-state index contributed by atoms with van der Waals surface area (Å²) in [7, 11) is 0. The van der Waals surface area contributed by atoms with Crippen LogP contribution < -0.4 is 10.6 Å². The molecule has 2 heterocycles. The van der Waals surface area contributed by atoms with Crippen LogP contribution in [0, 0.1) is 18.8 Å². The van der Waals surface area contributed by atoms with E-state index in [1.807, 2.05) is 31.2 Å². The number of anilines is 1. The number of aryl methyl sites for hydroxylation is 1. The number of aromatic nitrogens is 2. The van der Waals surface area contributed by atoms with E-state index in [2.05, 4.69) is 20.6 Å². The van der Waals surface area contributed by atoms with Crippen molar-refractivity contribution >= 4 is 16.9 Å². The van der Waals surface area contributed by atoms with E-state index >= 15 is 0 Å². The summed E-state index contributed by atoms with van der Waals surface area (Å²) in [6.07, 6.45) is 0. The number of para-hydroxylation sites is 2. The number of rotatable bonds is 2. The zero-order valence-electron chi connectivity index (χ0n) is 10.4. The summed E-state index contributed by atoms with van der Waals surface area (Å²) in [6, 6.07) is 8.63. The predicted molar refractivity (Wildman–Crippen MR) is 71.5 cm³/mol. The Bertz CT molecular complexity index is 600. The van der Waals surface area contributed by atoms with Crippen molar-refractivity contribution in [2.45, 2.75) is 13.0 Å². The van der Waals surface area contributed by atoms with Crippen LogP contribution >= 0.6 is 0 Å². The van der Waals surface area contributed by atoms with Crippen molar-refractivity contribution in [1.82, 2.24) is 15.3 Å². The lowest BCUT2D eigenvalue weighted by atomic mass is 10.3. The number of nitrogens with one attached hydrogen (secondary N) is 2. The van der Waals surface area contributed by atoms with Crippen molar-refractivity contribution in [2.75, 3.05) is 18.4 Å². The van der Waals surface area contributed by atoms with Gasteiger partial charge in [0.1, 0.15) is 5.82 Å². The molecule has 2 unspecified atom stereocenters. The zero-order valence-corrected chi connectivity index (χ0v) is 10.4. The van der Waals surface area contributed by atoms with Crippen molar-refractivity contribution in [1.29, 1.82) is 0 Å². The quantitative estimate of drug-likeness (QED) is 0.836. The molecule has 1 aliphatic carbocycles. The van der Waals surface area contributed by atoms with E-state index < -0.39 is 0 Å². The standard InChI is InChI=1S/C14H16N4/c1-8-14(18-13-9-6-15-7-10(9)13)17-12-5-3-2-4-11(12)16-8/h2-5,9-10,13,15H,6-7H2,1H3,(H,17,18). The van der Waals surface area contributed by atoms with Crippen molar-refractivity contribution in [3.63, 3.8) is 0 Å². The second-order valence-corrected chi connectivity index (χ2v) is 5.30. The number of piperidine rings is 1. The number of hydrogen-bond donors (Lipinski definition) is 2. The fraction of sp³-hybridized carbons (Fsp3) is 0.429. The summed E-state index contributed by atoms with van der Waals surface area (Å²) in [6.45, 7) is 4.31. The summed E-state index contributed by atoms with van der Waals surface area (Å²) in [5.41, 5.74) is 2.93. The van der Waals surface area contributed by atoms with Gasteiger partial charge in [-0.3, -0.25) is 0 Å². The Morgan fingerprint density at radius 1 is 1.11 bits per heavy atom. The summed E-state index contributed by atoms with van der Waals surface area (Å²) in [5, 5.41) is 6.97. The number of nitrogens with zero attached hydrogens (tertiary/aromatic N) is 2. The molecule has 0 amide bonds. The van der Waals surface area contributed by atoms with Gasteiger partial charge in [-0.05, 0) is 30.9 Å². The molecule has 1 saturated carbocycles. The fourth-order valence-corrected chi connectivity index (χ4v) is 3.02. The molecule has 2 aliphatic rings. The molecule has 2 fully saturated rings. The third-order valence-corrected chi connectivity index (χ3v) is 4.14. The second-order valence-electron chi connectivity index (χ2n) is 5.30. The molecular weight excluding hydrogens is 224 g/mol. The molecule has 2 N–H and O–H groups in total. The molecule has 0 radical (unpaired) electrons. The van der Waals surface area contributed by atoms with Crippen LogP contribution in [0.5, 0.6) is 0 Å². The average Bonchev–Trinajstić information content (AvgIpc) is 2.83. The maximum absolute atomic E-state index is 4.69. The zero-order chi connectivity index (χ0) is 12.1. The summed E-state index contributed by atoms with van der Waals surface area (Å²) < 4.78 is 0. The summed E-state index contributed by atoms with van der Waals surface area (Å²) in [4.78, 5) is 9.30. The molecule has 0 bridgehead atoms. The third-order valence-electron chi connectivity index (χ3n) is 4.14. The molecule has 4 nitrogen and oxygen atoms in total. The minimum absolute atomic E-state index is 0.598. The fourth-order valence-electron chi connectivity index (χ4n) is 3.02. The molecule has 2 atom stereocenters. The highest BCUT2D eigenvalue weighted by molar-refractivity contribution is 5.76. The lowest BCUT2D eigenvalue weighted by Crippen LogP contribution is -2.22. The first-order valence-electron chi connectivity index (χ1n) is 6.53. The van der Waals surface area contributed by atoms with Crippen LogP contribution in [0.15, 0.2) is 24.3 Å². The molecule has 1 saturated heterocycles. The van der Waals surface area contributed by atoms with Crippen LogP contribution in [0.2, 0.25) is 0 Å². The lowest BCUT2D eigenvalue weighted by Gasteiger charge is -2.11. The van der Waals surface area contributed by atoms with Gasteiger partial charge in [-0.2, -0.15) is 0 Å². The molecule has 4 heteroatoms. The Hall–Kier alpha value is -1.68. The molecule has 1 aromatic heterocycles. The van der Waals surface area contributed by atoms with E-state index in [0.29, 0.717) is 6.04 Å². The van der Waals surface area contributed by atoms with E-state index in [4.69, 9.17) is 0 Å². The average molecular weight is 240 g/mol. The topological polar surface area (TPSA) is 49.8 Å². The van der Waals surface area contributed by atoms with E-state index in [-0.39, 0.29) is 0 Å². The SMILES string of the molecule is Cc1nc2ccccc2nc1NC1C2CNCC21. The predicted octanol–water partition coefficient (Wildman–Crippen LogP) is 1.57. The van der Waals surface area contributed by atoms with Crippen LogP contribution in [-0.2, 0) is 0 Å². The summed E-state index contributed by atoms with van der Waals surface area (Å²) >= 11 is 0. The normalized spacial score (nSPS) is 29.3. The van der Waals surface area contributed by atoms with Crippen LogP contribution in [0.1, 0.15) is 5.69 Å². The smallest absolute Gasteiger partial charge is 0.148 e. The van der Waals surface area contributed by atoms with Crippen molar-refractivity contribution in [3.8, 4) is 0 Å². The van der Waals surface area contributed by atoms with Crippen LogP contribution in [0.3, 0.4) is 0 Å². The van der Waals surface area contributed by atoms with Crippen molar-refractivity contribution in [3.05, 3.63) is 30.0 Å². The molecule has 1 aromatic carbocycles. The highest BCUT2D eigenvalue weighted by atomic mass is 15.1. The first kappa shape index (κ1) is 10.3. The van der Waals surface area contributed by atoms with Gasteiger partial charge >= 0.3 is 0 Å². The number of benzene rings is 1. The van der Waals surface area contributed by atoms with E-state index in [1.165, 1.54) is 0 Å². The van der Waals surface area contributed by atoms with Gasteiger partial charge < -0.3 is 10.6 Å². The highest BCUT2D eigenvalue weighted by Gasteiger charge is 2.53. The van der Waals surface area contributed by atoms with Gasteiger partial charge in [0, 0.05) is 19.1 Å². The van der Waals surface area contributed by atoms with E-state index in [1.54, 1.807) is 0 Å². The maximum Gasteiger partial charge on any atom is 0.148 e. The second kappa shape index (κ2) is 3.65. The maximum atomic E-state index is 4.69. The highest BCUT2D eigenvalue weighted by Crippen LogP contribution is 2.43. The van der Waals surface area contributed by atoms with Gasteiger partial charge in [-0.25, -0.2) is 9.97 Å². The molecule has 2 aromatic rings. The van der Waals surface area contributed by atoms with Crippen LogP contribution in [0.25, 0.3) is 11.0 Å². The Morgan fingerprint density at radius 2 is 1.78 bits per heavy atom. The molecular formula is C14H16N4. The number of hydrogen-bond acceptors (Lipinski definition) is 4. The molecule has 0 spiro atoms. The molecule has 1 aliphatic heterocycles. The van der Waals surface area contributed by atoms with Crippen molar-refractivity contribution in [2.24, 2.45) is 11.8 Å². The Morgan fingerprint density at radius 3 is 2.50 bits per heavy atom. The van der Waals surface area contributed by atoms with Gasteiger partial charge in [0.05, 0.1) is 16.7 Å². The van der Waals surface area contributed by atoms with Gasteiger partial charge in [-0.1, -0.05) is 12.1 Å². The monoisotopic (exact) mass is 240 g/mol. The van der Waals surface area contributed by atoms with Gasteiger partial charge in [0.15, 0.2) is 0 Å². The summed E-state index contributed by atoms with van der Waals surface area (Å²) in [5.74, 6) is 2.53. The van der Waals surface area contributed by atoms with Gasteiger partial charge in [0.2, 0.25) is 0 Å². The van der Waals surface area contributed by atoms with E-state index in [9.17, 15) is 0 Å². The Balaban J connectivity index is 1.66.